The second-order valence-corrected chi connectivity index (χ2v) is 10.1. The van der Waals surface area contributed by atoms with Crippen molar-refractivity contribution in [3.05, 3.63) is 83.8 Å². The fourth-order valence-electron chi connectivity index (χ4n) is 5.34. The number of aliphatic hydroxyl groups is 2. The summed E-state index contributed by atoms with van der Waals surface area (Å²) >= 11 is 5.98. The molecule has 8 nitrogen and oxygen atoms in total. The summed E-state index contributed by atoms with van der Waals surface area (Å²) in [6.07, 6.45) is 3.77. The van der Waals surface area contributed by atoms with Gasteiger partial charge in [-0.25, -0.2) is 15.0 Å². The van der Waals surface area contributed by atoms with Gasteiger partial charge >= 0.3 is 0 Å². The van der Waals surface area contributed by atoms with Crippen LogP contribution < -0.4 is 11.1 Å². The van der Waals surface area contributed by atoms with Crippen molar-refractivity contribution in [2.24, 2.45) is 5.92 Å². The minimum absolute atomic E-state index is 0.0433. The van der Waals surface area contributed by atoms with Crippen molar-refractivity contribution in [3.8, 4) is 0 Å². The Morgan fingerprint density at radius 1 is 1.00 bits per heavy atom. The number of aliphatic hydroxyl groups excluding tert-OH is 2. The number of halogens is 1. The zero-order chi connectivity index (χ0) is 25.5. The standard InChI is InChI=1S/C28H27ClN6O2/c29-19-6-8-20(9-7-19)33-24-10-5-17-3-1-16(13-22(17)34-24)2-4-18-14-23(26(37)25(18)36)35-12-11-21-27(30)31-15-32-28(21)35/h1,3,5-13,15,18,23,25-26,36-37H,2,4,14H2,(H,33,34)(H2,30,31,32)/t18-,23+,25+,26-/m0/s1. The van der Waals surface area contributed by atoms with Gasteiger partial charge in [0.15, 0.2) is 0 Å². The van der Waals surface area contributed by atoms with E-state index < -0.39 is 12.2 Å². The number of nitrogen functional groups attached to an aromatic ring is 1. The van der Waals surface area contributed by atoms with Crippen molar-refractivity contribution in [1.82, 2.24) is 19.5 Å². The van der Waals surface area contributed by atoms with Crippen LogP contribution in [-0.2, 0) is 6.42 Å². The summed E-state index contributed by atoms with van der Waals surface area (Å²) in [6.45, 7) is 0. The summed E-state index contributed by atoms with van der Waals surface area (Å²) in [5.41, 5.74) is 9.60. The van der Waals surface area contributed by atoms with E-state index in [2.05, 4.69) is 33.5 Å². The summed E-state index contributed by atoms with van der Waals surface area (Å²) in [7, 11) is 0. The molecule has 6 rings (SSSR count). The van der Waals surface area contributed by atoms with E-state index in [0.717, 1.165) is 46.2 Å². The zero-order valence-electron chi connectivity index (χ0n) is 20.0. The highest BCUT2D eigenvalue weighted by Crippen LogP contribution is 2.39. The maximum atomic E-state index is 10.9. The first-order valence-electron chi connectivity index (χ1n) is 12.3. The Labute approximate surface area is 218 Å². The highest BCUT2D eigenvalue weighted by molar-refractivity contribution is 6.30. The van der Waals surface area contributed by atoms with E-state index in [1.54, 1.807) is 0 Å². The molecular formula is C28H27ClN6O2. The topological polar surface area (TPSA) is 122 Å². The average molecular weight is 515 g/mol. The van der Waals surface area contributed by atoms with Gasteiger partial charge in [0.05, 0.1) is 23.0 Å². The first kappa shape index (κ1) is 23.7. The molecule has 0 unspecified atom stereocenters. The van der Waals surface area contributed by atoms with E-state index in [0.29, 0.717) is 22.9 Å². The largest absolute Gasteiger partial charge is 0.390 e. The Hall–Kier alpha value is -3.72. The first-order valence-corrected chi connectivity index (χ1v) is 12.7. The summed E-state index contributed by atoms with van der Waals surface area (Å²) in [5.74, 6) is 1.12. The summed E-state index contributed by atoms with van der Waals surface area (Å²) in [6, 6.07) is 19.4. The lowest BCUT2D eigenvalue weighted by Gasteiger charge is -2.19. The predicted octanol–water partition coefficient (Wildman–Crippen LogP) is 4.87. The molecule has 1 fully saturated rings. The van der Waals surface area contributed by atoms with Crippen molar-refractivity contribution in [3.63, 3.8) is 0 Å². The van der Waals surface area contributed by atoms with Gasteiger partial charge in [0.1, 0.15) is 29.7 Å². The van der Waals surface area contributed by atoms with Crippen LogP contribution in [0.3, 0.4) is 0 Å². The summed E-state index contributed by atoms with van der Waals surface area (Å²) in [4.78, 5) is 13.2. The lowest BCUT2D eigenvalue weighted by atomic mass is 9.95. The van der Waals surface area contributed by atoms with Gasteiger partial charge < -0.3 is 25.8 Å². The molecule has 5 N–H and O–H groups in total. The molecule has 3 aromatic heterocycles. The van der Waals surface area contributed by atoms with E-state index in [1.165, 1.54) is 6.33 Å². The number of fused-ring (bicyclic) bond motifs is 2. The molecule has 1 saturated carbocycles. The molecular weight excluding hydrogens is 488 g/mol. The molecule has 4 atom stereocenters. The Morgan fingerprint density at radius 2 is 1.81 bits per heavy atom. The van der Waals surface area contributed by atoms with Crippen LogP contribution in [0.1, 0.15) is 24.4 Å². The van der Waals surface area contributed by atoms with Crippen LogP contribution in [0.15, 0.2) is 73.2 Å². The third-order valence-corrected chi connectivity index (χ3v) is 7.60. The molecule has 5 aromatic rings. The summed E-state index contributed by atoms with van der Waals surface area (Å²) in [5, 5.41) is 27.5. The molecule has 2 aromatic carbocycles. The predicted molar refractivity (Wildman–Crippen MR) is 146 cm³/mol. The van der Waals surface area contributed by atoms with Crippen molar-refractivity contribution in [2.45, 2.75) is 37.5 Å². The van der Waals surface area contributed by atoms with Gasteiger partial charge in [-0.1, -0.05) is 23.7 Å². The van der Waals surface area contributed by atoms with E-state index in [-0.39, 0.29) is 12.0 Å². The Kier molecular flexibility index (Phi) is 6.16. The van der Waals surface area contributed by atoms with Gasteiger partial charge in [0.25, 0.3) is 0 Å². The first-order chi connectivity index (χ1) is 18.0. The van der Waals surface area contributed by atoms with Crippen LogP contribution in [0.5, 0.6) is 0 Å². The molecule has 3 heterocycles. The molecule has 0 bridgehead atoms. The number of nitrogens with two attached hydrogens (primary N) is 1. The van der Waals surface area contributed by atoms with Crippen molar-refractivity contribution in [2.75, 3.05) is 11.1 Å². The fraction of sp³-hybridized carbons (Fsp3) is 0.250. The van der Waals surface area contributed by atoms with Gasteiger partial charge in [-0.05, 0) is 79.3 Å². The van der Waals surface area contributed by atoms with Gasteiger partial charge in [0, 0.05) is 22.3 Å². The Bertz CT molecular complexity index is 1570. The number of aromatic nitrogens is 4. The van der Waals surface area contributed by atoms with E-state index in [9.17, 15) is 10.2 Å². The Morgan fingerprint density at radius 3 is 2.65 bits per heavy atom. The average Bonchev–Trinajstić information content (AvgIpc) is 3.45. The van der Waals surface area contributed by atoms with Crippen molar-refractivity contribution in [1.29, 1.82) is 0 Å². The number of benzene rings is 2. The molecule has 1 aliphatic carbocycles. The number of hydrogen-bond donors (Lipinski definition) is 4. The lowest BCUT2D eigenvalue weighted by Crippen LogP contribution is -2.29. The number of anilines is 3. The number of aryl methyl sites for hydroxylation is 1. The number of nitrogens with zero attached hydrogens (tertiary/aromatic N) is 4. The van der Waals surface area contributed by atoms with E-state index in [4.69, 9.17) is 22.3 Å². The zero-order valence-corrected chi connectivity index (χ0v) is 20.8. The van der Waals surface area contributed by atoms with Crippen LogP contribution in [0.25, 0.3) is 21.9 Å². The quantitative estimate of drug-likeness (QED) is 0.255. The number of pyridine rings is 1. The molecule has 0 radical (unpaired) electrons. The fourth-order valence-corrected chi connectivity index (χ4v) is 5.47. The minimum Gasteiger partial charge on any atom is -0.390 e. The van der Waals surface area contributed by atoms with Gasteiger partial charge in [-0.2, -0.15) is 0 Å². The maximum absolute atomic E-state index is 10.9. The van der Waals surface area contributed by atoms with Crippen LogP contribution in [0.2, 0.25) is 5.02 Å². The maximum Gasteiger partial charge on any atom is 0.145 e. The van der Waals surface area contributed by atoms with E-state index >= 15 is 0 Å². The van der Waals surface area contributed by atoms with Crippen LogP contribution in [-0.4, -0.2) is 41.9 Å². The molecule has 9 heteroatoms. The van der Waals surface area contributed by atoms with Crippen LogP contribution in [0.4, 0.5) is 17.3 Å². The van der Waals surface area contributed by atoms with Crippen LogP contribution in [0, 0.1) is 5.92 Å². The smallest absolute Gasteiger partial charge is 0.145 e. The van der Waals surface area contributed by atoms with Gasteiger partial charge in [-0.3, -0.25) is 0 Å². The monoisotopic (exact) mass is 514 g/mol. The molecule has 1 aliphatic rings. The summed E-state index contributed by atoms with van der Waals surface area (Å²) < 4.78 is 1.91. The normalized spacial score (nSPS) is 21.6. The SMILES string of the molecule is Nc1ncnc2c1ccn2[C@@H]1C[C@H](CCc2ccc3ccc(Nc4ccc(Cl)cc4)nc3c2)[C@@H](O)[C@H]1O. The minimum atomic E-state index is -0.878. The highest BCUT2D eigenvalue weighted by atomic mass is 35.5. The molecule has 0 spiro atoms. The molecule has 188 valence electrons. The molecule has 0 saturated heterocycles. The molecule has 0 aliphatic heterocycles. The number of nitrogens with one attached hydrogen (secondary N) is 1. The van der Waals surface area contributed by atoms with Crippen molar-refractivity contribution >= 4 is 50.9 Å². The lowest BCUT2D eigenvalue weighted by molar-refractivity contribution is 0.00545. The second kappa shape index (κ2) is 9.63. The number of rotatable bonds is 6. The number of hydrogen-bond acceptors (Lipinski definition) is 7. The van der Waals surface area contributed by atoms with Gasteiger partial charge in [-0.15, -0.1) is 0 Å². The van der Waals surface area contributed by atoms with Gasteiger partial charge in [0.2, 0.25) is 0 Å². The highest BCUT2D eigenvalue weighted by Gasteiger charge is 2.42. The van der Waals surface area contributed by atoms with Crippen molar-refractivity contribution < 1.29 is 10.2 Å². The molecule has 0 amide bonds. The third kappa shape index (κ3) is 4.59. The second-order valence-electron chi connectivity index (χ2n) is 9.66. The van der Waals surface area contributed by atoms with E-state index in [1.807, 2.05) is 53.2 Å². The molecule has 37 heavy (non-hydrogen) atoms. The Balaban J connectivity index is 1.16. The van der Waals surface area contributed by atoms with Crippen LogP contribution >= 0.6 is 11.6 Å². The third-order valence-electron chi connectivity index (χ3n) is 7.35.